The molecule has 15 heteroatoms. The number of fused-ring (bicyclic) bond motifs is 15. The molecule has 0 aliphatic carbocycles. The number of aromatic nitrogens is 1. The summed E-state index contributed by atoms with van der Waals surface area (Å²) in [4.78, 5) is 32.4. The van der Waals surface area contributed by atoms with E-state index in [4.69, 9.17) is 28.4 Å². The van der Waals surface area contributed by atoms with Crippen molar-refractivity contribution in [2.24, 2.45) is 0 Å². The minimum Gasteiger partial charge on any atom is -0.504 e. The number of rotatable bonds is 4. The largest absolute Gasteiger partial charge is 0.504 e. The molecule has 2 bridgehead atoms. The maximum atomic E-state index is 15.4. The molecule has 7 heterocycles. The molecule has 0 unspecified atom stereocenters. The second-order valence-electron chi connectivity index (χ2n) is 15.6. The number of nitrogens with one attached hydrogen (secondary N) is 3. The van der Waals surface area contributed by atoms with E-state index in [1.165, 1.54) is 25.8 Å². The number of thioether (sulfide) groups is 1. The van der Waals surface area contributed by atoms with Gasteiger partial charge in [-0.15, -0.1) is 11.8 Å². The van der Waals surface area contributed by atoms with E-state index in [1.807, 2.05) is 43.0 Å². The zero-order valence-electron chi connectivity index (χ0n) is 32.0. The lowest BCUT2D eigenvalue weighted by Gasteiger charge is -2.63. The first-order valence-corrected chi connectivity index (χ1v) is 20.0. The highest BCUT2D eigenvalue weighted by atomic mass is 32.2. The van der Waals surface area contributed by atoms with Crippen molar-refractivity contribution < 1.29 is 48.2 Å². The van der Waals surface area contributed by atoms with Gasteiger partial charge in [-0.3, -0.25) is 15.0 Å². The van der Waals surface area contributed by atoms with Gasteiger partial charge in [-0.25, -0.2) is 4.79 Å². The fraction of sp³-hybridized carbons (Fsp3) is 0.463. The number of phenolic OH excluding ortho intramolecular Hbond substituents is 1. The third kappa shape index (κ3) is 4.54. The van der Waals surface area contributed by atoms with Crippen LogP contribution >= 0.6 is 11.8 Å². The van der Waals surface area contributed by atoms with Gasteiger partial charge < -0.3 is 48.9 Å². The minimum absolute atomic E-state index is 0.0124. The second-order valence-corrected chi connectivity index (χ2v) is 16.7. The number of hydrogen-bond acceptors (Lipinski definition) is 14. The van der Waals surface area contributed by atoms with E-state index in [0.717, 1.165) is 33.3 Å². The molecule has 5 N–H and O–H groups in total. The van der Waals surface area contributed by atoms with Crippen LogP contribution in [-0.4, -0.2) is 83.7 Å². The maximum absolute atomic E-state index is 15.4. The number of hydrogen-bond donors (Lipinski definition) is 5. The van der Waals surface area contributed by atoms with Crippen LogP contribution in [0.2, 0.25) is 0 Å². The zero-order valence-corrected chi connectivity index (χ0v) is 32.8. The Hall–Kier alpha value is -4.67. The molecule has 6 aliphatic heterocycles. The SMILES string of the molecule is CC[C@H]1c2c3c(c(C)c(OC(C)=O)c2[C@]2(OC(=O)[C@]4(CS2)NCCc2c4[nH]c4ccc(OC)cc24)[C@H]2[C@@H]4N[C@H](Cc5cc(C)c(OC)c(O)c54)[C@H](O)N12)OCO3. The van der Waals surface area contributed by atoms with Gasteiger partial charge >= 0.3 is 11.9 Å². The molecular weight excluding hydrogens is 741 g/mol. The van der Waals surface area contributed by atoms with E-state index in [1.54, 1.807) is 14.0 Å². The molecule has 0 amide bonds. The Morgan fingerprint density at radius 3 is 2.64 bits per heavy atom. The number of aromatic hydroxyl groups is 1. The number of carbonyl (C=O) groups excluding carboxylic acids is 2. The van der Waals surface area contributed by atoms with Crippen LogP contribution in [0.4, 0.5) is 0 Å². The molecule has 3 aromatic carbocycles. The lowest BCUT2D eigenvalue weighted by molar-refractivity contribution is -0.197. The number of esters is 2. The van der Waals surface area contributed by atoms with Gasteiger partial charge in [0.1, 0.15) is 17.7 Å². The normalized spacial score (nSPS) is 29.7. The predicted octanol–water partition coefficient (Wildman–Crippen LogP) is 4.37. The van der Waals surface area contributed by atoms with Crippen molar-refractivity contribution in [3.8, 4) is 34.5 Å². The average Bonchev–Trinajstić information content (AvgIpc) is 3.83. The number of aliphatic hydroxyl groups excluding tert-OH is 1. The number of methoxy groups -OCH3 is 2. The molecule has 294 valence electrons. The fourth-order valence-corrected chi connectivity index (χ4v) is 12.2. The van der Waals surface area contributed by atoms with E-state index in [9.17, 15) is 15.0 Å². The standard InChI is InChI=1S/C41H44N4O10S/c1-7-26-28-29(33(54-19(4)46)18(3)34-35(28)53-16-52-34)41(37-30-27-20(12-17(2)32(51-6)31(27)47)13-25(43-30)38(48)45(26)37)55-39(49)40(15-56-41)36-22(10-11-42-40)23-14-21(50-5)8-9-24(23)44-36/h8-9,12,14,25-26,30,37-38,42-44,47-48H,7,10-11,13,15-16H2,1-6H3/t25-,26+,30-,37-,38+,40-,41-/m1/s1. The second kappa shape index (κ2) is 12.4. The van der Waals surface area contributed by atoms with Crippen molar-refractivity contribution >= 4 is 34.6 Å². The van der Waals surface area contributed by atoms with Crippen LogP contribution in [-0.2, 0) is 37.6 Å². The van der Waals surface area contributed by atoms with Crippen LogP contribution in [0, 0.1) is 13.8 Å². The molecule has 0 radical (unpaired) electrons. The first kappa shape index (κ1) is 35.7. The Kier molecular flexibility index (Phi) is 7.92. The molecule has 6 aliphatic rings. The summed E-state index contributed by atoms with van der Waals surface area (Å²) in [6.07, 6.45) is 0.569. The first-order chi connectivity index (χ1) is 27.0. The number of ether oxygens (including phenoxy) is 6. The molecular formula is C41H44N4O10S. The van der Waals surface area contributed by atoms with E-state index in [-0.39, 0.29) is 24.0 Å². The van der Waals surface area contributed by atoms with Gasteiger partial charge in [0.2, 0.25) is 11.7 Å². The smallest absolute Gasteiger partial charge is 0.335 e. The van der Waals surface area contributed by atoms with E-state index < -0.39 is 52.8 Å². The monoisotopic (exact) mass is 784 g/mol. The van der Waals surface area contributed by atoms with Crippen molar-refractivity contribution in [1.82, 2.24) is 20.5 Å². The lowest BCUT2D eigenvalue weighted by Crippen LogP contribution is -2.74. The summed E-state index contributed by atoms with van der Waals surface area (Å²) in [7, 11) is 3.15. The summed E-state index contributed by atoms with van der Waals surface area (Å²) in [6.45, 7) is 7.51. The van der Waals surface area contributed by atoms with Gasteiger partial charge in [0.05, 0.1) is 43.6 Å². The predicted molar refractivity (Wildman–Crippen MR) is 205 cm³/mol. The van der Waals surface area contributed by atoms with Crippen LogP contribution in [0.1, 0.15) is 77.0 Å². The number of benzene rings is 3. The minimum atomic E-state index is -1.63. The number of H-pyrrole nitrogens is 1. The number of carbonyl (C=O) groups is 2. The van der Waals surface area contributed by atoms with Crippen molar-refractivity contribution in [3.05, 3.63) is 68.9 Å². The topological polar surface area (TPSA) is 173 Å². The zero-order chi connectivity index (χ0) is 39.0. The van der Waals surface area contributed by atoms with E-state index in [0.29, 0.717) is 71.1 Å². The number of aryl methyl sites for hydroxylation is 1. The van der Waals surface area contributed by atoms with Gasteiger partial charge in [-0.2, -0.15) is 0 Å². The fourth-order valence-electron chi connectivity index (χ4n) is 10.5. The van der Waals surface area contributed by atoms with Gasteiger partial charge in [0.15, 0.2) is 28.5 Å². The van der Waals surface area contributed by atoms with Crippen LogP contribution in [0.15, 0.2) is 24.3 Å². The molecule has 4 aromatic rings. The van der Waals surface area contributed by atoms with Crippen molar-refractivity contribution in [3.63, 3.8) is 0 Å². The summed E-state index contributed by atoms with van der Waals surface area (Å²) in [6, 6.07) is 5.38. The summed E-state index contributed by atoms with van der Waals surface area (Å²) in [5, 5.41) is 32.7. The number of phenols is 1. The number of aromatic amines is 1. The highest BCUT2D eigenvalue weighted by Gasteiger charge is 2.69. The van der Waals surface area contributed by atoms with Crippen LogP contribution in [0.3, 0.4) is 0 Å². The first-order valence-electron chi connectivity index (χ1n) is 19.0. The molecule has 2 saturated heterocycles. The van der Waals surface area contributed by atoms with Gasteiger partial charge in [0.25, 0.3) is 0 Å². The Morgan fingerprint density at radius 2 is 1.91 bits per heavy atom. The summed E-state index contributed by atoms with van der Waals surface area (Å²) in [5.74, 6) is 1.30. The van der Waals surface area contributed by atoms with Crippen molar-refractivity contribution in [1.29, 1.82) is 0 Å². The molecule has 56 heavy (non-hydrogen) atoms. The molecule has 7 atom stereocenters. The highest BCUT2D eigenvalue weighted by Crippen LogP contribution is 2.67. The van der Waals surface area contributed by atoms with Gasteiger partial charge in [-0.05, 0) is 68.0 Å². The molecule has 1 aromatic heterocycles. The number of piperazine rings is 1. The third-order valence-electron chi connectivity index (χ3n) is 12.8. The Balaban J connectivity index is 1.24. The van der Waals surface area contributed by atoms with E-state index in [2.05, 4.69) is 15.6 Å². The quantitative estimate of drug-likeness (QED) is 0.146. The molecule has 2 spiro atoms. The Morgan fingerprint density at radius 1 is 1.11 bits per heavy atom. The lowest BCUT2D eigenvalue weighted by atomic mass is 9.72. The van der Waals surface area contributed by atoms with Gasteiger partial charge in [-0.1, -0.05) is 13.0 Å². The maximum Gasteiger partial charge on any atom is 0.335 e. The molecule has 10 rings (SSSR count). The molecule has 14 nitrogen and oxygen atoms in total. The summed E-state index contributed by atoms with van der Waals surface area (Å²) >= 11 is 1.41. The van der Waals surface area contributed by atoms with Crippen molar-refractivity contribution in [2.45, 2.75) is 87.8 Å². The van der Waals surface area contributed by atoms with Crippen molar-refractivity contribution in [2.75, 3.05) is 33.3 Å². The van der Waals surface area contributed by atoms with Crippen LogP contribution < -0.4 is 34.3 Å². The third-order valence-corrected chi connectivity index (χ3v) is 14.3. The summed E-state index contributed by atoms with van der Waals surface area (Å²) in [5.41, 5.74) is 5.21. The number of aliphatic hydroxyl groups is 1. The summed E-state index contributed by atoms with van der Waals surface area (Å²) < 4.78 is 36.8. The van der Waals surface area contributed by atoms with Gasteiger partial charge in [0, 0.05) is 52.9 Å². The number of nitrogens with zero attached hydrogens (tertiary/aromatic N) is 1. The Bertz CT molecular complexity index is 2380. The molecule has 2 fully saturated rings. The highest BCUT2D eigenvalue weighted by molar-refractivity contribution is 8.00. The molecule has 0 saturated carbocycles. The van der Waals surface area contributed by atoms with Crippen LogP contribution in [0.25, 0.3) is 10.9 Å². The Labute approximate surface area is 327 Å². The van der Waals surface area contributed by atoms with E-state index >= 15 is 4.79 Å². The average molecular weight is 785 g/mol. The van der Waals surface area contributed by atoms with Crippen LogP contribution in [0.5, 0.6) is 34.5 Å².